The molecule has 1 aromatic heterocycles. The first kappa shape index (κ1) is 17.9. The van der Waals surface area contributed by atoms with Crippen molar-refractivity contribution in [2.45, 2.75) is 6.54 Å². The summed E-state index contributed by atoms with van der Waals surface area (Å²) in [4.78, 5) is 4.84. The van der Waals surface area contributed by atoms with Gasteiger partial charge in [-0.2, -0.15) is 0 Å². The molecule has 28 heavy (non-hydrogen) atoms. The van der Waals surface area contributed by atoms with Crippen molar-refractivity contribution in [2.75, 3.05) is 20.8 Å². The van der Waals surface area contributed by atoms with Crippen molar-refractivity contribution in [2.24, 2.45) is 0 Å². The van der Waals surface area contributed by atoms with Crippen LogP contribution in [0, 0.1) is 0 Å². The summed E-state index contributed by atoms with van der Waals surface area (Å²) < 4.78 is 18.8. The van der Waals surface area contributed by atoms with Gasteiger partial charge in [-0.1, -0.05) is 30.3 Å². The SMILES string of the molecule is COc1cccc(OCCn2c(-c3cccc(OC)c3)nc3ccccc32)c1. The average Bonchev–Trinajstić information content (AvgIpc) is 3.13. The molecule has 0 fully saturated rings. The summed E-state index contributed by atoms with van der Waals surface area (Å²) in [5.74, 6) is 3.27. The van der Waals surface area contributed by atoms with Crippen molar-refractivity contribution < 1.29 is 14.2 Å². The van der Waals surface area contributed by atoms with Gasteiger partial charge in [0.25, 0.3) is 0 Å². The van der Waals surface area contributed by atoms with E-state index in [1.165, 1.54) is 0 Å². The molecule has 0 aliphatic rings. The maximum absolute atomic E-state index is 5.95. The second-order valence-electron chi connectivity index (χ2n) is 6.34. The molecule has 5 nitrogen and oxygen atoms in total. The Bertz CT molecular complexity index is 1090. The minimum Gasteiger partial charge on any atom is -0.497 e. The zero-order chi connectivity index (χ0) is 19.3. The van der Waals surface area contributed by atoms with E-state index in [4.69, 9.17) is 19.2 Å². The summed E-state index contributed by atoms with van der Waals surface area (Å²) in [6, 6.07) is 23.7. The van der Waals surface area contributed by atoms with Crippen LogP contribution in [0.3, 0.4) is 0 Å². The molecule has 0 radical (unpaired) electrons. The fourth-order valence-electron chi connectivity index (χ4n) is 3.23. The number of fused-ring (bicyclic) bond motifs is 1. The van der Waals surface area contributed by atoms with Gasteiger partial charge in [-0.25, -0.2) is 4.98 Å². The number of aromatic nitrogens is 2. The van der Waals surface area contributed by atoms with E-state index < -0.39 is 0 Å². The first-order valence-electron chi connectivity index (χ1n) is 9.15. The normalized spacial score (nSPS) is 10.8. The Balaban J connectivity index is 1.63. The van der Waals surface area contributed by atoms with E-state index >= 15 is 0 Å². The van der Waals surface area contributed by atoms with Gasteiger partial charge in [-0.3, -0.25) is 0 Å². The molecule has 0 bridgehead atoms. The fourth-order valence-corrected chi connectivity index (χ4v) is 3.23. The molecule has 1 heterocycles. The maximum atomic E-state index is 5.95. The predicted octanol–water partition coefficient (Wildman–Crippen LogP) is 4.80. The van der Waals surface area contributed by atoms with E-state index in [1.807, 2.05) is 66.7 Å². The van der Waals surface area contributed by atoms with Crippen LogP contribution < -0.4 is 14.2 Å². The summed E-state index contributed by atoms with van der Waals surface area (Å²) >= 11 is 0. The number of rotatable bonds is 7. The highest BCUT2D eigenvalue weighted by molar-refractivity contribution is 5.80. The highest BCUT2D eigenvalue weighted by atomic mass is 16.5. The predicted molar refractivity (Wildman–Crippen MR) is 110 cm³/mol. The van der Waals surface area contributed by atoms with Gasteiger partial charge in [0.1, 0.15) is 29.7 Å². The zero-order valence-electron chi connectivity index (χ0n) is 16.0. The number of methoxy groups -OCH3 is 2. The number of hydrogen-bond acceptors (Lipinski definition) is 4. The highest BCUT2D eigenvalue weighted by Crippen LogP contribution is 2.27. The summed E-state index contributed by atoms with van der Waals surface area (Å²) in [6.45, 7) is 1.19. The Morgan fingerprint density at radius 2 is 1.50 bits per heavy atom. The summed E-state index contributed by atoms with van der Waals surface area (Å²) in [6.07, 6.45) is 0. The lowest BCUT2D eigenvalue weighted by Gasteiger charge is -2.12. The van der Waals surface area contributed by atoms with E-state index in [0.717, 1.165) is 39.7 Å². The molecule has 0 spiro atoms. The van der Waals surface area contributed by atoms with Gasteiger partial charge in [0.15, 0.2) is 0 Å². The second kappa shape index (κ2) is 8.05. The van der Waals surface area contributed by atoms with Gasteiger partial charge in [0.05, 0.1) is 31.8 Å². The van der Waals surface area contributed by atoms with Crippen LogP contribution in [-0.2, 0) is 6.54 Å². The van der Waals surface area contributed by atoms with Crippen LogP contribution in [0.25, 0.3) is 22.4 Å². The molecule has 3 aromatic carbocycles. The van der Waals surface area contributed by atoms with E-state index in [1.54, 1.807) is 14.2 Å². The largest absolute Gasteiger partial charge is 0.497 e. The highest BCUT2D eigenvalue weighted by Gasteiger charge is 2.13. The molecule has 4 rings (SSSR count). The molecule has 4 aromatic rings. The number of hydrogen-bond donors (Lipinski definition) is 0. The van der Waals surface area contributed by atoms with Gasteiger partial charge in [-0.05, 0) is 36.4 Å². The molecule has 0 N–H and O–H groups in total. The summed E-state index contributed by atoms with van der Waals surface area (Å²) in [5.41, 5.74) is 3.05. The molecule has 0 aliphatic heterocycles. The lowest BCUT2D eigenvalue weighted by atomic mass is 10.2. The van der Waals surface area contributed by atoms with E-state index in [9.17, 15) is 0 Å². The molecule has 0 saturated carbocycles. The number of benzene rings is 3. The molecular weight excluding hydrogens is 352 g/mol. The lowest BCUT2D eigenvalue weighted by Crippen LogP contribution is -2.09. The van der Waals surface area contributed by atoms with Crippen molar-refractivity contribution >= 4 is 11.0 Å². The molecule has 0 unspecified atom stereocenters. The zero-order valence-corrected chi connectivity index (χ0v) is 16.0. The Morgan fingerprint density at radius 3 is 2.32 bits per heavy atom. The minimum atomic E-state index is 0.518. The standard InChI is InChI=1S/C23H22N2O3/c1-26-18-8-5-7-17(15-18)23-24-21-11-3-4-12-22(21)25(23)13-14-28-20-10-6-9-19(16-20)27-2/h3-12,15-16H,13-14H2,1-2H3. The quantitative estimate of drug-likeness (QED) is 0.466. The first-order chi connectivity index (χ1) is 13.8. The molecule has 142 valence electrons. The third-order valence-electron chi connectivity index (χ3n) is 4.61. The topological polar surface area (TPSA) is 45.5 Å². The van der Waals surface area contributed by atoms with E-state index in [0.29, 0.717) is 13.2 Å². The molecule has 0 aliphatic carbocycles. The van der Waals surface area contributed by atoms with Crippen LogP contribution in [0.4, 0.5) is 0 Å². The van der Waals surface area contributed by atoms with Crippen LogP contribution in [-0.4, -0.2) is 30.4 Å². The molecule has 0 amide bonds. The number of para-hydroxylation sites is 2. The van der Waals surface area contributed by atoms with Crippen LogP contribution in [0.15, 0.2) is 72.8 Å². The van der Waals surface area contributed by atoms with Gasteiger partial charge >= 0.3 is 0 Å². The minimum absolute atomic E-state index is 0.518. The van der Waals surface area contributed by atoms with Crippen LogP contribution >= 0.6 is 0 Å². The van der Waals surface area contributed by atoms with Crippen LogP contribution in [0.2, 0.25) is 0 Å². The molecule has 5 heteroatoms. The van der Waals surface area contributed by atoms with Crippen molar-refractivity contribution in [3.8, 4) is 28.6 Å². The fraction of sp³-hybridized carbons (Fsp3) is 0.174. The van der Waals surface area contributed by atoms with Crippen LogP contribution in [0.5, 0.6) is 17.2 Å². The Hall–Kier alpha value is -3.47. The number of imidazole rings is 1. The summed E-state index contributed by atoms with van der Waals surface area (Å²) in [5, 5.41) is 0. The second-order valence-corrected chi connectivity index (χ2v) is 6.34. The third-order valence-corrected chi connectivity index (χ3v) is 4.61. The lowest BCUT2D eigenvalue weighted by molar-refractivity contribution is 0.298. The number of nitrogens with zero attached hydrogens (tertiary/aromatic N) is 2. The molecule has 0 atom stereocenters. The first-order valence-corrected chi connectivity index (χ1v) is 9.15. The van der Waals surface area contributed by atoms with Gasteiger partial charge in [0, 0.05) is 11.6 Å². The van der Waals surface area contributed by atoms with Gasteiger partial charge < -0.3 is 18.8 Å². The maximum Gasteiger partial charge on any atom is 0.141 e. The molecular formula is C23H22N2O3. The monoisotopic (exact) mass is 374 g/mol. The smallest absolute Gasteiger partial charge is 0.141 e. The summed E-state index contributed by atoms with van der Waals surface area (Å²) in [7, 11) is 3.32. The van der Waals surface area contributed by atoms with Gasteiger partial charge in [0.2, 0.25) is 0 Å². The Morgan fingerprint density at radius 1 is 0.786 bits per heavy atom. The Kier molecular flexibility index (Phi) is 5.15. The van der Waals surface area contributed by atoms with E-state index in [2.05, 4.69) is 10.6 Å². The Labute approximate surface area is 164 Å². The number of ether oxygens (including phenoxy) is 3. The van der Waals surface area contributed by atoms with E-state index in [-0.39, 0.29) is 0 Å². The van der Waals surface area contributed by atoms with Crippen molar-refractivity contribution in [1.82, 2.24) is 9.55 Å². The van der Waals surface area contributed by atoms with Crippen molar-refractivity contribution in [3.05, 3.63) is 72.8 Å². The van der Waals surface area contributed by atoms with Crippen LogP contribution in [0.1, 0.15) is 0 Å². The van der Waals surface area contributed by atoms with Gasteiger partial charge in [-0.15, -0.1) is 0 Å². The van der Waals surface area contributed by atoms with Crippen molar-refractivity contribution in [1.29, 1.82) is 0 Å². The third kappa shape index (κ3) is 3.64. The average molecular weight is 374 g/mol. The molecule has 0 saturated heterocycles. The van der Waals surface area contributed by atoms with Crippen molar-refractivity contribution in [3.63, 3.8) is 0 Å².